The molecule has 0 spiro atoms. The fraction of sp³-hybridized carbons (Fsp3) is 0. The molecular weight excluding hydrogens is 404 g/mol. The van der Waals surface area contributed by atoms with E-state index < -0.39 is 0 Å². The molecule has 2 aromatic heterocycles. The van der Waals surface area contributed by atoms with Gasteiger partial charge in [-0.3, -0.25) is 20.4 Å². The monoisotopic (exact) mass is 408 g/mol. The maximum atomic E-state index is 11.7. The molecule has 0 fully saturated rings. The molecule has 0 radical (unpaired) electrons. The van der Waals surface area contributed by atoms with Crippen molar-refractivity contribution in [1.29, 1.82) is 0 Å². The molecule has 0 atom stereocenters. The van der Waals surface area contributed by atoms with E-state index >= 15 is 0 Å². The van der Waals surface area contributed by atoms with E-state index in [0.29, 0.717) is 9.75 Å². The molecule has 0 aliphatic rings. The number of hydrogen-bond donors (Lipinski definition) is 2. The summed E-state index contributed by atoms with van der Waals surface area (Å²) in [5, 5.41) is 1.80. The van der Waals surface area contributed by atoms with Gasteiger partial charge in [-0.05, 0) is 49.4 Å². The molecule has 2 amide bonds. The van der Waals surface area contributed by atoms with Gasteiger partial charge in [0.25, 0.3) is 11.8 Å². The van der Waals surface area contributed by atoms with Crippen LogP contribution in [0.2, 0.25) is 0 Å². The highest BCUT2D eigenvalue weighted by atomic mass is 79.9. The van der Waals surface area contributed by atoms with Gasteiger partial charge in [0.2, 0.25) is 0 Å². The third-order valence-electron chi connectivity index (χ3n) is 1.90. The Labute approximate surface area is 128 Å². The highest BCUT2D eigenvalue weighted by Crippen LogP contribution is 2.32. The van der Waals surface area contributed by atoms with Crippen molar-refractivity contribution < 1.29 is 9.59 Å². The molecule has 94 valence electrons. The van der Waals surface area contributed by atoms with E-state index in [9.17, 15) is 9.59 Å². The first-order chi connectivity index (χ1) is 8.58. The molecular formula is C10H6Br2N2O2S2. The van der Waals surface area contributed by atoms with Crippen LogP contribution in [-0.4, -0.2) is 11.8 Å². The molecule has 0 saturated carbocycles. The van der Waals surface area contributed by atoms with Crippen molar-refractivity contribution in [1.82, 2.24) is 10.9 Å². The predicted octanol–water partition coefficient (Wildman–Crippen LogP) is 3.41. The summed E-state index contributed by atoms with van der Waals surface area (Å²) in [6.45, 7) is 0. The Kier molecular flexibility index (Phi) is 4.55. The number of halogens is 2. The topological polar surface area (TPSA) is 58.2 Å². The summed E-state index contributed by atoms with van der Waals surface area (Å²) in [7, 11) is 0. The van der Waals surface area contributed by atoms with Crippen LogP contribution in [0.15, 0.2) is 31.8 Å². The summed E-state index contributed by atoms with van der Waals surface area (Å²) in [5.41, 5.74) is 4.72. The van der Waals surface area contributed by atoms with Crippen LogP contribution in [0.1, 0.15) is 19.3 Å². The zero-order valence-corrected chi connectivity index (χ0v) is 13.5. The van der Waals surface area contributed by atoms with Crippen molar-refractivity contribution in [2.75, 3.05) is 0 Å². The largest absolute Gasteiger partial charge is 0.279 e. The van der Waals surface area contributed by atoms with E-state index in [4.69, 9.17) is 0 Å². The van der Waals surface area contributed by atoms with Crippen molar-refractivity contribution in [3.05, 3.63) is 41.6 Å². The van der Waals surface area contributed by atoms with Gasteiger partial charge in [0, 0.05) is 4.47 Å². The first-order valence-corrected chi connectivity index (χ1v) is 7.95. The zero-order chi connectivity index (χ0) is 13.1. The van der Waals surface area contributed by atoms with Gasteiger partial charge in [0.05, 0.1) is 13.5 Å². The zero-order valence-electron chi connectivity index (χ0n) is 8.70. The molecule has 0 unspecified atom stereocenters. The molecule has 18 heavy (non-hydrogen) atoms. The molecule has 8 heteroatoms. The minimum Gasteiger partial charge on any atom is -0.266 e. The molecule has 2 rings (SSSR count). The molecule has 4 nitrogen and oxygen atoms in total. The SMILES string of the molecule is O=C(NNC(=O)c1cc(Br)c(Br)s1)c1cccs1. The van der Waals surface area contributed by atoms with Gasteiger partial charge in [0.15, 0.2) is 0 Å². The number of amides is 2. The van der Waals surface area contributed by atoms with E-state index in [0.717, 1.165) is 8.26 Å². The minimum atomic E-state index is -0.351. The maximum absolute atomic E-state index is 11.7. The number of carbonyl (C=O) groups excluding carboxylic acids is 2. The van der Waals surface area contributed by atoms with E-state index in [1.54, 1.807) is 23.6 Å². The third-order valence-corrected chi connectivity index (χ3v) is 6.03. The minimum absolute atomic E-state index is 0.326. The maximum Gasteiger partial charge on any atom is 0.279 e. The van der Waals surface area contributed by atoms with E-state index in [1.807, 2.05) is 0 Å². The van der Waals surface area contributed by atoms with E-state index in [2.05, 4.69) is 42.7 Å². The van der Waals surface area contributed by atoms with Crippen LogP contribution in [0.5, 0.6) is 0 Å². The fourth-order valence-corrected chi connectivity index (χ4v) is 3.65. The number of thiophene rings is 2. The van der Waals surface area contributed by atoms with Crippen LogP contribution >= 0.6 is 54.5 Å². The number of hydrazine groups is 1. The molecule has 2 N–H and O–H groups in total. The van der Waals surface area contributed by atoms with Crippen LogP contribution in [0.3, 0.4) is 0 Å². The number of nitrogens with one attached hydrogen (secondary N) is 2. The van der Waals surface area contributed by atoms with Gasteiger partial charge < -0.3 is 0 Å². The van der Waals surface area contributed by atoms with Crippen LogP contribution in [0, 0.1) is 0 Å². The lowest BCUT2D eigenvalue weighted by molar-refractivity contribution is 0.0851. The summed E-state index contributed by atoms with van der Waals surface area (Å²) in [6, 6.07) is 5.14. The first-order valence-electron chi connectivity index (χ1n) is 4.67. The van der Waals surface area contributed by atoms with Gasteiger partial charge in [-0.25, -0.2) is 0 Å². The van der Waals surface area contributed by atoms with Gasteiger partial charge >= 0.3 is 0 Å². The Balaban J connectivity index is 1.94. The molecule has 0 saturated heterocycles. The van der Waals surface area contributed by atoms with Crippen molar-refractivity contribution in [2.24, 2.45) is 0 Å². The summed E-state index contributed by atoms with van der Waals surface area (Å²) >= 11 is 9.19. The van der Waals surface area contributed by atoms with Crippen LogP contribution in [0.4, 0.5) is 0 Å². The Morgan fingerprint density at radius 2 is 1.78 bits per heavy atom. The van der Waals surface area contributed by atoms with Crippen molar-refractivity contribution >= 4 is 66.3 Å². The van der Waals surface area contributed by atoms with Gasteiger partial charge in [0.1, 0.15) is 0 Å². The Morgan fingerprint density at radius 3 is 2.28 bits per heavy atom. The second kappa shape index (κ2) is 5.96. The van der Waals surface area contributed by atoms with Gasteiger partial charge in [-0.1, -0.05) is 6.07 Å². The Bertz CT molecular complexity index is 561. The van der Waals surface area contributed by atoms with Gasteiger partial charge in [-0.2, -0.15) is 0 Å². The quantitative estimate of drug-likeness (QED) is 0.746. The highest BCUT2D eigenvalue weighted by Gasteiger charge is 2.13. The van der Waals surface area contributed by atoms with Gasteiger partial charge in [-0.15, -0.1) is 22.7 Å². The van der Waals surface area contributed by atoms with Crippen LogP contribution < -0.4 is 10.9 Å². The fourth-order valence-electron chi connectivity index (χ4n) is 1.10. The van der Waals surface area contributed by atoms with Crippen molar-refractivity contribution in [2.45, 2.75) is 0 Å². The normalized spacial score (nSPS) is 10.1. The van der Waals surface area contributed by atoms with E-state index in [1.165, 1.54) is 22.7 Å². The average Bonchev–Trinajstić information content (AvgIpc) is 2.97. The average molecular weight is 410 g/mol. The molecule has 0 aliphatic heterocycles. The smallest absolute Gasteiger partial charge is 0.266 e. The van der Waals surface area contributed by atoms with Crippen LogP contribution in [-0.2, 0) is 0 Å². The molecule has 2 aromatic rings. The molecule has 2 heterocycles. The third kappa shape index (κ3) is 3.19. The molecule has 0 aromatic carbocycles. The summed E-state index contributed by atoms with van der Waals surface area (Å²) in [5.74, 6) is -0.677. The highest BCUT2D eigenvalue weighted by molar-refractivity contribution is 9.13. The Morgan fingerprint density at radius 1 is 1.11 bits per heavy atom. The second-order valence-corrected chi connectivity index (χ2v) is 7.29. The van der Waals surface area contributed by atoms with Crippen molar-refractivity contribution in [3.63, 3.8) is 0 Å². The van der Waals surface area contributed by atoms with E-state index in [-0.39, 0.29) is 11.8 Å². The number of carbonyl (C=O) groups is 2. The Hall–Kier alpha value is -0.700. The summed E-state index contributed by atoms with van der Waals surface area (Å²) < 4.78 is 1.64. The lowest BCUT2D eigenvalue weighted by Crippen LogP contribution is -2.41. The first kappa shape index (κ1) is 13.7. The number of hydrogen-bond acceptors (Lipinski definition) is 4. The summed E-state index contributed by atoms with van der Waals surface area (Å²) in [6.07, 6.45) is 0. The predicted molar refractivity (Wildman–Crippen MR) is 79.0 cm³/mol. The van der Waals surface area contributed by atoms with Crippen LogP contribution in [0.25, 0.3) is 0 Å². The summed E-state index contributed by atoms with van der Waals surface area (Å²) in [4.78, 5) is 24.4. The molecule has 0 aliphatic carbocycles. The lowest BCUT2D eigenvalue weighted by atomic mass is 10.4. The standard InChI is InChI=1S/C10H6Br2N2O2S2/c11-5-4-7(18-8(5)12)10(16)14-13-9(15)6-2-1-3-17-6/h1-4H,(H,13,15)(H,14,16). The van der Waals surface area contributed by atoms with Crippen molar-refractivity contribution in [3.8, 4) is 0 Å². The molecule has 0 bridgehead atoms. The lowest BCUT2D eigenvalue weighted by Gasteiger charge is -2.04. The second-order valence-electron chi connectivity index (χ2n) is 3.12. The number of rotatable bonds is 2.